The number of carboxylic acids is 2. The van der Waals surface area contributed by atoms with Crippen molar-refractivity contribution < 1.29 is 54.3 Å². The van der Waals surface area contributed by atoms with Gasteiger partial charge in [-0.25, -0.2) is 9.59 Å². The van der Waals surface area contributed by atoms with Gasteiger partial charge in [-0.05, 0) is 6.92 Å². The van der Waals surface area contributed by atoms with Gasteiger partial charge < -0.3 is 35.1 Å². The standard InChI is InChI=1S/C11H17NO11/c1-4(10(19)20)22-5(2-7(15)16)8(17)9(18)11(21)23-12-6(14)3-13/h4-5,8-9,13,17-18H,2-3H2,1H3,(H,12,14)(H,15,16)(H,19,20). The molecule has 0 aliphatic rings. The lowest BCUT2D eigenvalue weighted by Gasteiger charge is -2.26. The van der Waals surface area contributed by atoms with E-state index in [2.05, 4.69) is 4.84 Å². The molecule has 12 heteroatoms. The van der Waals surface area contributed by atoms with Gasteiger partial charge in [-0.1, -0.05) is 0 Å². The molecule has 4 atom stereocenters. The number of nitrogens with one attached hydrogen (secondary N) is 1. The molecule has 0 aliphatic carbocycles. The maximum Gasteiger partial charge on any atom is 0.363 e. The number of carboxylic acid groups (broad SMARTS) is 2. The number of carbonyl (C=O) groups excluding carboxylic acids is 2. The van der Waals surface area contributed by atoms with E-state index in [0.717, 1.165) is 6.92 Å². The number of aliphatic hydroxyl groups excluding tert-OH is 3. The second-order valence-electron chi connectivity index (χ2n) is 4.29. The number of hydroxylamine groups is 1. The maximum atomic E-state index is 11.4. The minimum atomic E-state index is -2.33. The topological polar surface area (TPSA) is 200 Å². The van der Waals surface area contributed by atoms with E-state index in [0.29, 0.717) is 0 Å². The first-order valence-electron chi connectivity index (χ1n) is 6.16. The third-order valence-corrected chi connectivity index (χ3v) is 2.46. The second kappa shape index (κ2) is 9.68. The average molecular weight is 339 g/mol. The predicted octanol–water partition coefficient (Wildman–Crippen LogP) is -3.39. The van der Waals surface area contributed by atoms with Gasteiger partial charge in [0.15, 0.2) is 12.2 Å². The Balaban J connectivity index is 4.86. The van der Waals surface area contributed by atoms with Gasteiger partial charge in [-0.2, -0.15) is 5.48 Å². The van der Waals surface area contributed by atoms with E-state index < -0.39 is 61.3 Å². The normalized spacial score (nSPS) is 15.8. The molecule has 0 saturated carbocycles. The number of hydrogen-bond acceptors (Lipinski definition) is 9. The van der Waals surface area contributed by atoms with Crippen LogP contribution in [0.5, 0.6) is 0 Å². The lowest BCUT2D eigenvalue weighted by atomic mass is 10.0. The van der Waals surface area contributed by atoms with Crippen LogP contribution < -0.4 is 5.48 Å². The van der Waals surface area contributed by atoms with Crippen LogP contribution in [0.4, 0.5) is 0 Å². The molecule has 0 rings (SSSR count). The van der Waals surface area contributed by atoms with Crippen molar-refractivity contribution in [2.75, 3.05) is 6.61 Å². The highest BCUT2D eigenvalue weighted by molar-refractivity contribution is 5.80. The van der Waals surface area contributed by atoms with Crippen molar-refractivity contribution in [1.82, 2.24) is 5.48 Å². The Labute approximate surface area is 129 Å². The lowest BCUT2D eigenvalue weighted by molar-refractivity contribution is -0.184. The summed E-state index contributed by atoms with van der Waals surface area (Å²) in [4.78, 5) is 47.5. The zero-order valence-electron chi connectivity index (χ0n) is 11.9. The zero-order chi connectivity index (χ0) is 18.2. The minimum Gasteiger partial charge on any atom is -0.481 e. The van der Waals surface area contributed by atoms with Crippen LogP contribution in [-0.4, -0.2) is 80.4 Å². The van der Waals surface area contributed by atoms with Gasteiger partial charge in [-0.3, -0.25) is 9.59 Å². The fraction of sp³-hybridized carbons (Fsp3) is 0.636. The van der Waals surface area contributed by atoms with E-state index >= 15 is 0 Å². The molecular formula is C11H17NO11. The summed E-state index contributed by atoms with van der Waals surface area (Å²) in [5.74, 6) is -5.63. The molecule has 0 bridgehead atoms. The van der Waals surface area contributed by atoms with Crippen LogP contribution in [-0.2, 0) is 28.8 Å². The van der Waals surface area contributed by atoms with Crippen LogP contribution in [0.3, 0.4) is 0 Å². The molecule has 23 heavy (non-hydrogen) atoms. The molecule has 0 aromatic rings. The Morgan fingerprint density at radius 2 is 1.70 bits per heavy atom. The first-order valence-corrected chi connectivity index (χ1v) is 6.16. The molecule has 1 amide bonds. The number of carbonyl (C=O) groups is 4. The fourth-order valence-corrected chi connectivity index (χ4v) is 1.28. The van der Waals surface area contributed by atoms with Crippen molar-refractivity contribution in [2.24, 2.45) is 0 Å². The van der Waals surface area contributed by atoms with E-state index in [1.54, 1.807) is 0 Å². The summed E-state index contributed by atoms with van der Waals surface area (Å²) in [6, 6.07) is 0. The smallest absolute Gasteiger partial charge is 0.363 e. The first-order chi connectivity index (χ1) is 10.6. The molecule has 0 aliphatic heterocycles. The Morgan fingerprint density at radius 3 is 2.13 bits per heavy atom. The van der Waals surface area contributed by atoms with E-state index in [-0.39, 0.29) is 0 Å². The third kappa shape index (κ3) is 7.51. The quantitative estimate of drug-likeness (QED) is 0.229. The van der Waals surface area contributed by atoms with Gasteiger partial charge in [0.2, 0.25) is 0 Å². The summed E-state index contributed by atoms with van der Waals surface area (Å²) in [5.41, 5.74) is 1.45. The van der Waals surface area contributed by atoms with Gasteiger partial charge in [0.1, 0.15) is 12.7 Å². The Bertz CT molecular complexity index is 451. The lowest BCUT2D eigenvalue weighted by Crippen LogP contribution is -2.48. The van der Waals surface area contributed by atoms with Crippen molar-refractivity contribution in [3.63, 3.8) is 0 Å². The average Bonchev–Trinajstić information content (AvgIpc) is 2.49. The van der Waals surface area contributed by atoms with Gasteiger partial charge in [0.05, 0.1) is 12.5 Å². The number of aliphatic carboxylic acids is 2. The van der Waals surface area contributed by atoms with Crippen molar-refractivity contribution in [2.45, 2.75) is 37.8 Å². The van der Waals surface area contributed by atoms with Crippen LogP contribution in [0, 0.1) is 0 Å². The van der Waals surface area contributed by atoms with E-state index in [4.69, 9.17) is 20.1 Å². The van der Waals surface area contributed by atoms with Gasteiger partial charge in [0, 0.05) is 0 Å². The third-order valence-electron chi connectivity index (χ3n) is 2.46. The van der Waals surface area contributed by atoms with E-state index in [1.807, 2.05) is 0 Å². The molecule has 0 aromatic heterocycles. The monoisotopic (exact) mass is 339 g/mol. The molecule has 0 heterocycles. The summed E-state index contributed by atoms with van der Waals surface area (Å²) >= 11 is 0. The van der Waals surface area contributed by atoms with Crippen LogP contribution in [0.25, 0.3) is 0 Å². The SMILES string of the molecule is CC(OC(CC(=O)O)C(O)C(O)C(=O)ONC(=O)CO)C(=O)O. The fourth-order valence-electron chi connectivity index (χ4n) is 1.28. The number of rotatable bonds is 9. The summed E-state index contributed by atoms with van der Waals surface area (Å²) < 4.78 is 4.78. The minimum absolute atomic E-state index is 0.911. The summed E-state index contributed by atoms with van der Waals surface area (Å²) in [7, 11) is 0. The molecule has 0 fully saturated rings. The predicted molar refractivity (Wildman–Crippen MR) is 67.6 cm³/mol. The molecule has 4 unspecified atom stereocenters. The Kier molecular flexibility index (Phi) is 8.72. The first kappa shape index (κ1) is 20.7. The molecule has 6 N–H and O–H groups in total. The van der Waals surface area contributed by atoms with Crippen molar-refractivity contribution in [1.29, 1.82) is 0 Å². The van der Waals surface area contributed by atoms with Crippen LogP contribution >= 0.6 is 0 Å². The van der Waals surface area contributed by atoms with E-state index in [9.17, 15) is 29.4 Å². The van der Waals surface area contributed by atoms with E-state index in [1.165, 1.54) is 5.48 Å². The van der Waals surface area contributed by atoms with Crippen molar-refractivity contribution in [3.8, 4) is 0 Å². The molecule has 0 radical (unpaired) electrons. The molecule has 0 saturated heterocycles. The second-order valence-corrected chi connectivity index (χ2v) is 4.29. The van der Waals surface area contributed by atoms with Crippen LogP contribution in [0.2, 0.25) is 0 Å². The molecule has 0 spiro atoms. The van der Waals surface area contributed by atoms with Gasteiger partial charge in [0.25, 0.3) is 5.91 Å². The number of aliphatic hydroxyl groups is 3. The number of hydrogen-bond donors (Lipinski definition) is 6. The number of ether oxygens (including phenoxy) is 1. The van der Waals surface area contributed by atoms with Crippen molar-refractivity contribution in [3.05, 3.63) is 0 Å². The molecule has 132 valence electrons. The highest BCUT2D eigenvalue weighted by Gasteiger charge is 2.36. The summed E-state index contributed by atoms with van der Waals surface area (Å²) in [5, 5.41) is 45.1. The molecular weight excluding hydrogens is 322 g/mol. The van der Waals surface area contributed by atoms with Crippen molar-refractivity contribution >= 4 is 23.8 Å². The highest BCUT2D eigenvalue weighted by atomic mass is 16.7. The number of amides is 1. The molecule has 0 aromatic carbocycles. The largest absolute Gasteiger partial charge is 0.481 e. The summed E-state index contributed by atoms with van der Waals surface area (Å²) in [6.07, 6.45) is -8.65. The van der Waals surface area contributed by atoms with Crippen LogP contribution in [0.15, 0.2) is 0 Å². The van der Waals surface area contributed by atoms with Gasteiger partial charge >= 0.3 is 17.9 Å². The Morgan fingerprint density at radius 1 is 1.13 bits per heavy atom. The van der Waals surface area contributed by atoms with Crippen LogP contribution in [0.1, 0.15) is 13.3 Å². The Hall–Kier alpha value is -2.28. The van der Waals surface area contributed by atoms with Gasteiger partial charge in [-0.15, -0.1) is 0 Å². The zero-order valence-corrected chi connectivity index (χ0v) is 11.9. The summed E-state index contributed by atoms with van der Waals surface area (Å²) in [6.45, 7) is 0.0445. The highest BCUT2D eigenvalue weighted by Crippen LogP contribution is 2.13. The maximum absolute atomic E-state index is 11.4. The molecule has 12 nitrogen and oxygen atoms in total.